The molecule has 9 heteroatoms. The van der Waals surface area contributed by atoms with E-state index in [0.717, 1.165) is 0 Å². The normalized spacial score (nSPS) is 10.3. The smallest absolute Gasteiger partial charge is 0.423 e. The Labute approximate surface area is 117 Å². The molecule has 0 aliphatic rings. The number of hydrazine groups is 1. The van der Waals surface area contributed by atoms with Crippen molar-refractivity contribution in [2.24, 2.45) is 0 Å². The molecule has 0 atom stereocenters. The lowest BCUT2D eigenvalue weighted by atomic mass is 10.2. The van der Waals surface area contributed by atoms with Crippen LogP contribution in [-0.4, -0.2) is 42.0 Å². The van der Waals surface area contributed by atoms with Gasteiger partial charge in [0.2, 0.25) is 0 Å². The average Bonchev–Trinajstić information content (AvgIpc) is 2.28. The monoisotopic (exact) mass is 290 g/mol. The van der Waals surface area contributed by atoms with E-state index >= 15 is 0 Å². The fourth-order valence-corrected chi connectivity index (χ4v) is 1.11. The second-order valence-electron chi connectivity index (χ2n) is 4.95. The number of nitrogens with one attached hydrogen (secondary N) is 4. The summed E-state index contributed by atoms with van der Waals surface area (Å²) in [7, 11) is 0. The minimum absolute atomic E-state index is 0.364. The molecule has 0 fully saturated rings. The number of carboxylic acid groups (broad SMARTS) is 1. The molecule has 0 aromatic rings. The highest BCUT2D eigenvalue weighted by molar-refractivity contribution is 5.76. The summed E-state index contributed by atoms with van der Waals surface area (Å²) >= 11 is 0. The standard InChI is InChI=1S/C11H22N4O5/c1-11(2,3)20-10(19)13-7-5-4-6-12-8(16)14-15-9(17)18/h15H,4-7H2,1-3H3,(H,13,19)(H,17,18)(H2,12,14,16). The predicted molar refractivity (Wildman–Crippen MR) is 71.2 cm³/mol. The maximum Gasteiger partial charge on any atom is 0.423 e. The fourth-order valence-electron chi connectivity index (χ4n) is 1.11. The van der Waals surface area contributed by atoms with Gasteiger partial charge in [-0.15, -0.1) is 0 Å². The first-order chi connectivity index (χ1) is 9.20. The number of rotatable bonds is 5. The Hall–Kier alpha value is -2.19. The van der Waals surface area contributed by atoms with E-state index < -0.39 is 23.8 Å². The molecule has 0 aromatic carbocycles. The second-order valence-corrected chi connectivity index (χ2v) is 4.95. The van der Waals surface area contributed by atoms with Gasteiger partial charge < -0.3 is 20.5 Å². The van der Waals surface area contributed by atoms with Crippen LogP contribution in [0.5, 0.6) is 0 Å². The molecule has 0 spiro atoms. The quantitative estimate of drug-likeness (QED) is 0.377. The Bertz CT molecular complexity index is 340. The highest BCUT2D eigenvalue weighted by Crippen LogP contribution is 2.06. The van der Waals surface area contributed by atoms with Crippen molar-refractivity contribution in [2.75, 3.05) is 13.1 Å². The van der Waals surface area contributed by atoms with E-state index in [-0.39, 0.29) is 0 Å². The van der Waals surface area contributed by atoms with E-state index in [0.29, 0.717) is 25.9 Å². The van der Waals surface area contributed by atoms with Crippen molar-refractivity contribution in [1.29, 1.82) is 0 Å². The Morgan fingerprint density at radius 1 is 1.00 bits per heavy atom. The Morgan fingerprint density at radius 3 is 2.05 bits per heavy atom. The molecule has 20 heavy (non-hydrogen) atoms. The molecular formula is C11H22N4O5. The SMILES string of the molecule is CC(C)(C)OC(=O)NCCCCNC(=O)NNC(=O)O. The number of hydrogen-bond acceptors (Lipinski definition) is 4. The largest absolute Gasteiger partial charge is 0.464 e. The van der Waals surface area contributed by atoms with Crippen molar-refractivity contribution in [1.82, 2.24) is 21.5 Å². The number of amides is 4. The number of hydrogen-bond donors (Lipinski definition) is 5. The summed E-state index contributed by atoms with van der Waals surface area (Å²) in [6.07, 6.45) is -0.530. The number of carbonyl (C=O) groups excluding carboxylic acids is 2. The van der Waals surface area contributed by atoms with Crippen LogP contribution < -0.4 is 21.5 Å². The molecule has 0 heterocycles. The van der Waals surface area contributed by atoms with E-state index in [1.807, 2.05) is 5.43 Å². The summed E-state index contributed by atoms with van der Waals surface area (Å²) in [5, 5.41) is 13.3. The number of urea groups is 1. The Morgan fingerprint density at radius 2 is 1.55 bits per heavy atom. The van der Waals surface area contributed by atoms with Gasteiger partial charge in [-0.1, -0.05) is 0 Å². The molecule has 0 aliphatic carbocycles. The predicted octanol–water partition coefficient (Wildman–Crippen LogP) is 0.773. The lowest BCUT2D eigenvalue weighted by Crippen LogP contribution is -2.46. The summed E-state index contributed by atoms with van der Waals surface area (Å²) in [5.41, 5.74) is 3.12. The molecule has 0 saturated carbocycles. The van der Waals surface area contributed by atoms with E-state index in [1.165, 1.54) is 0 Å². The van der Waals surface area contributed by atoms with Gasteiger partial charge in [0.1, 0.15) is 5.60 Å². The van der Waals surface area contributed by atoms with Crippen LogP contribution in [0.3, 0.4) is 0 Å². The second kappa shape index (κ2) is 8.83. The van der Waals surface area contributed by atoms with E-state index in [2.05, 4.69) is 10.6 Å². The van der Waals surface area contributed by atoms with Gasteiger partial charge in [0.05, 0.1) is 0 Å². The molecule has 5 N–H and O–H groups in total. The van der Waals surface area contributed by atoms with Gasteiger partial charge in [-0.2, -0.15) is 0 Å². The van der Waals surface area contributed by atoms with E-state index in [9.17, 15) is 14.4 Å². The van der Waals surface area contributed by atoms with Crippen molar-refractivity contribution >= 4 is 18.2 Å². The molecule has 0 radical (unpaired) electrons. The van der Waals surface area contributed by atoms with Crippen LogP contribution in [0.1, 0.15) is 33.6 Å². The number of ether oxygens (including phenoxy) is 1. The molecule has 0 unspecified atom stereocenters. The van der Waals surface area contributed by atoms with Crippen LogP contribution in [0.25, 0.3) is 0 Å². The maximum absolute atomic E-state index is 11.3. The van der Waals surface area contributed by atoms with Gasteiger partial charge in [0.15, 0.2) is 0 Å². The van der Waals surface area contributed by atoms with Crippen LogP contribution in [0.15, 0.2) is 0 Å². The first kappa shape index (κ1) is 17.8. The van der Waals surface area contributed by atoms with Crippen LogP contribution in [0, 0.1) is 0 Å². The summed E-state index contributed by atoms with van der Waals surface area (Å²) in [4.78, 5) is 32.4. The number of carbonyl (C=O) groups is 3. The van der Waals surface area contributed by atoms with Crippen molar-refractivity contribution in [3.63, 3.8) is 0 Å². The zero-order valence-electron chi connectivity index (χ0n) is 11.9. The first-order valence-electron chi connectivity index (χ1n) is 6.20. The van der Waals surface area contributed by atoms with Crippen molar-refractivity contribution < 1.29 is 24.2 Å². The summed E-state index contributed by atoms with van der Waals surface area (Å²) in [6.45, 7) is 6.13. The molecule has 4 amide bonds. The lowest BCUT2D eigenvalue weighted by molar-refractivity contribution is 0.0527. The van der Waals surface area contributed by atoms with Crippen LogP contribution in [0.4, 0.5) is 14.4 Å². The average molecular weight is 290 g/mol. The molecule has 0 aromatic heterocycles. The van der Waals surface area contributed by atoms with E-state index in [1.54, 1.807) is 26.2 Å². The topological polar surface area (TPSA) is 129 Å². The van der Waals surface area contributed by atoms with Crippen molar-refractivity contribution in [2.45, 2.75) is 39.2 Å². The third-order valence-electron chi connectivity index (χ3n) is 1.84. The van der Waals surface area contributed by atoms with Crippen molar-refractivity contribution in [3.05, 3.63) is 0 Å². The van der Waals surface area contributed by atoms with Gasteiger partial charge in [-0.25, -0.2) is 25.2 Å². The molecule has 9 nitrogen and oxygen atoms in total. The zero-order valence-corrected chi connectivity index (χ0v) is 11.9. The maximum atomic E-state index is 11.3. The van der Waals surface area contributed by atoms with Crippen LogP contribution in [0.2, 0.25) is 0 Å². The van der Waals surface area contributed by atoms with Gasteiger partial charge in [-0.3, -0.25) is 0 Å². The van der Waals surface area contributed by atoms with Gasteiger partial charge in [-0.05, 0) is 33.6 Å². The van der Waals surface area contributed by atoms with Gasteiger partial charge in [0.25, 0.3) is 0 Å². The lowest BCUT2D eigenvalue weighted by Gasteiger charge is -2.19. The third-order valence-corrected chi connectivity index (χ3v) is 1.84. The number of alkyl carbamates (subject to hydrolysis) is 1. The summed E-state index contributed by atoms with van der Waals surface area (Å²) in [6, 6.07) is -0.632. The first-order valence-corrected chi connectivity index (χ1v) is 6.20. The zero-order chi connectivity index (χ0) is 15.6. The van der Waals surface area contributed by atoms with E-state index in [4.69, 9.17) is 9.84 Å². The minimum Gasteiger partial charge on any atom is -0.464 e. The summed E-state index contributed by atoms with van der Waals surface area (Å²) in [5.74, 6) is 0. The van der Waals surface area contributed by atoms with Gasteiger partial charge in [0, 0.05) is 13.1 Å². The molecular weight excluding hydrogens is 268 g/mol. The molecule has 0 rings (SSSR count). The molecule has 0 aliphatic heterocycles. The third kappa shape index (κ3) is 12.3. The number of unbranched alkanes of at least 4 members (excludes halogenated alkanes) is 1. The molecule has 0 saturated heterocycles. The summed E-state index contributed by atoms with van der Waals surface area (Å²) < 4.78 is 5.04. The van der Waals surface area contributed by atoms with Crippen LogP contribution in [-0.2, 0) is 4.74 Å². The highest BCUT2D eigenvalue weighted by Gasteiger charge is 2.15. The Balaban J connectivity index is 3.47. The molecule has 0 bridgehead atoms. The van der Waals surface area contributed by atoms with Crippen LogP contribution >= 0.6 is 0 Å². The fraction of sp³-hybridized carbons (Fsp3) is 0.727. The molecule has 116 valence electrons. The highest BCUT2D eigenvalue weighted by atomic mass is 16.6. The van der Waals surface area contributed by atoms with Crippen molar-refractivity contribution in [3.8, 4) is 0 Å². The Kier molecular flexibility index (Phi) is 7.87. The minimum atomic E-state index is -1.35. The van der Waals surface area contributed by atoms with Gasteiger partial charge >= 0.3 is 18.2 Å².